The Morgan fingerprint density at radius 1 is 0.488 bits per heavy atom. The summed E-state index contributed by atoms with van der Waals surface area (Å²) in [7, 11) is 2.98. The number of phenolic OH excluding ortho intramolecular Hbond substituents is 1. The van der Waals surface area contributed by atoms with E-state index in [1.165, 1.54) is 38.1 Å². The van der Waals surface area contributed by atoms with Gasteiger partial charge in [0, 0.05) is 55.6 Å². The number of carboxylic acids is 2. The van der Waals surface area contributed by atoms with E-state index in [0.717, 1.165) is 48.1 Å². The van der Waals surface area contributed by atoms with Crippen molar-refractivity contribution in [2.75, 3.05) is 88.5 Å². The average molecular weight is 1790 g/mol. The number of amides is 17. The van der Waals surface area contributed by atoms with Crippen molar-refractivity contribution in [1.29, 1.82) is 16.2 Å². The number of phenols is 1. The van der Waals surface area contributed by atoms with Crippen molar-refractivity contribution in [3.8, 4) is 5.75 Å². The summed E-state index contributed by atoms with van der Waals surface area (Å²) in [5.41, 5.74) is 22.6. The molecule has 3 saturated heterocycles. The number of carboxylic acid groups (broad SMARTS) is 2. The first kappa shape index (κ1) is 101. The van der Waals surface area contributed by atoms with Crippen LogP contribution in [-0.4, -0.2) is 323 Å². The van der Waals surface area contributed by atoms with E-state index in [-0.39, 0.29) is 88.9 Å². The topological polar surface area (TPSA) is 813 Å². The van der Waals surface area contributed by atoms with Crippen LogP contribution in [0.4, 0.5) is 0 Å². The van der Waals surface area contributed by atoms with Gasteiger partial charge in [-0.3, -0.25) is 107 Å². The van der Waals surface area contributed by atoms with E-state index in [1.807, 2.05) is 5.32 Å². The van der Waals surface area contributed by atoms with Gasteiger partial charge >= 0.3 is 11.9 Å². The maximum atomic E-state index is 15.2. The number of hydrogen-bond donors (Lipinski definition) is 30. The molecule has 0 radical (unpaired) electrons. The highest BCUT2D eigenvalue weighted by atomic mass is 33.1. The fraction of sp³-hybridized carbons (Fsp3) is 0.582. The number of nitrogens with one attached hydrogen (secondary N) is 22. The van der Waals surface area contributed by atoms with E-state index in [2.05, 4.69) is 95.7 Å². The van der Waals surface area contributed by atoms with Crippen LogP contribution in [0.2, 0.25) is 0 Å². The first-order valence-corrected chi connectivity index (χ1v) is 42.5. The number of carbonyl (C=O) groups is 19. The number of aliphatic hydroxyl groups is 1. The molecular formula is C67H105N27O23S4. The smallest absolute Gasteiger partial charge is 0.322 e. The first-order chi connectivity index (χ1) is 57.3. The van der Waals surface area contributed by atoms with Gasteiger partial charge in [0.1, 0.15) is 90.8 Å². The fourth-order valence-corrected chi connectivity index (χ4v) is 15.9. The second-order valence-corrected chi connectivity index (χ2v) is 32.3. The molecule has 1 aromatic carbocycles. The van der Waals surface area contributed by atoms with E-state index in [1.54, 1.807) is 0 Å². The molecule has 0 unspecified atom stereocenters. The minimum Gasteiger partial charge on any atom is -0.508 e. The van der Waals surface area contributed by atoms with Gasteiger partial charge in [0.15, 0.2) is 17.9 Å². The molecule has 3 heterocycles. The molecule has 0 spiro atoms. The van der Waals surface area contributed by atoms with Gasteiger partial charge in [-0.1, -0.05) is 55.3 Å². The predicted octanol–water partition coefficient (Wildman–Crippen LogP) is -12.7. The van der Waals surface area contributed by atoms with E-state index >= 15 is 14.4 Å². The van der Waals surface area contributed by atoms with Crippen LogP contribution in [0.1, 0.15) is 77.2 Å². The summed E-state index contributed by atoms with van der Waals surface area (Å²) in [5.74, 6) is -24.9. The number of hydrogen-bond acceptors (Lipinski definition) is 29. The lowest BCUT2D eigenvalue weighted by atomic mass is 10.0. The van der Waals surface area contributed by atoms with Crippen molar-refractivity contribution in [3.05, 3.63) is 29.8 Å². The van der Waals surface area contributed by atoms with Gasteiger partial charge < -0.3 is 149 Å². The quantitative estimate of drug-likeness (QED) is 0.0138. The summed E-state index contributed by atoms with van der Waals surface area (Å²) in [4.78, 5) is 263. The Morgan fingerprint density at radius 3 is 1.47 bits per heavy atom. The molecule has 0 aromatic heterocycles. The highest BCUT2D eigenvalue weighted by Crippen LogP contribution is 2.27. The molecule has 2 bridgehead atoms. The number of fused-ring (bicyclic) bond motifs is 6. The summed E-state index contributed by atoms with van der Waals surface area (Å²) in [5, 5.41) is 109. The third kappa shape index (κ3) is 37.9. The monoisotopic (exact) mass is 1780 g/mol. The number of nitrogens with zero attached hydrogens (tertiary/aromatic N) is 1. The van der Waals surface area contributed by atoms with E-state index in [9.17, 15) is 92.0 Å². The molecule has 0 saturated carbocycles. The largest absolute Gasteiger partial charge is 0.508 e. The SMILES string of the molecule is C[C@H](NC(=O)CNC(=O)CNC(=O)[C@@H]1CSSC[C@H](NC(=O)CN)C(=O)N[C@H]2CSSC[C@H](NC(=O)[C@H](CCCNC(=N)N)NC(=O)[C@@H]3CCCN3C(=O)[C@H](CC(=O)O)NC(=O)[C@H](CO)NC2=O)C(=O)N[C@@H](CCCNC(=N)N)C(=O)N[C@@H](Cc2ccc(O)cc2)C(=O)N[C@@H](CCCNC(=N)N)C(=O)N1)C(=O)N[C@@H](C)C(=O)NCC(=O)NCC(=O)O. The van der Waals surface area contributed by atoms with Crippen molar-refractivity contribution < 1.29 is 112 Å². The van der Waals surface area contributed by atoms with E-state index in [4.69, 9.17) is 44.3 Å². The maximum Gasteiger partial charge on any atom is 0.322 e. The van der Waals surface area contributed by atoms with Crippen LogP contribution >= 0.6 is 43.2 Å². The van der Waals surface area contributed by atoms with Crippen LogP contribution in [0.3, 0.4) is 0 Å². The molecule has 50 nitrogen and oxygen atoms in total. The zero-order valence-electron chi connectivity index (χ0n) is 65.7. The Balaban J connectivity index is 1.89. The van der Waals surface area contributed by atoms with Crippen LogP contribution in [0.25, 0.3) is 0 Å². The van der Waals surface area contributed by atoms with Crippen molar-refractivity contribution >= 4 is 173 Å². The molecule has 121 heavy (non-hydrogen) atoms. The van der Waals surface area contributed by atoms with Crippen LogP contribution in [0.15, 0.2) is 24.3 Å². The van der Waals surface area contributed by atoms with Gasteiger partial charge in [0.25, 0.3) is 0 Å². The second-order valence-electron chi connectivity index (χ2n) is 27.2. The molecule has 0 aliphatic carbocycles. The standard InChI is InChI=1S/C67H105N27O23S4/c1-31(52(105)80-22-48(99)79-25-51(103)104)83-53(106)32(2)82-49(100)24-78-47(98)23-81-54(107)41-27-118-119-28-42(84-46(97)21-68)60(113)93-44-30-121-120-29-43(92-57(110)37(9-5-17-77-67(73)74)87-63(116)45-10-6-18-94(45)64(117)39(20-50(101)102)89-59(112)40(26-95)90-62(44)115)61(114)86-35(7-3-15-75-65(69)70)55(108)88-38(19-33-11-13-34(96)14-12-33)58(111)85-36(56(109)91-41)8-4-16-76-66(71)72/h11-14,31-32,35-45,95-96H,3-10,15-30,68H2,1-2H3,(H,78,98)(H,79,99)(H,80,105)(H,81,107)(H,82,100)(H,83,106)(H,84,97)(H,85,111)(H,86,114)(H,87,116)(H,88,108)(H,89,112)(H,90,115)(H,91,109)(H,92,110)(H,93,113)(H,101,102)(H,103,104)(H4,69,70,75)(H4,71,72,76)(H4,73,74,77)/t31-,32-,35-,36-,37-,38-,39-,40-,41-,42-,43-,44-,45-/m0/s1. The summed E-state index contributed by atoms with van der Waals surface area (Å²) in [6.45, 7) is -3.12. The highest BCUT2D eigenvalue weighted by molar-refractivity contribution is 8.77. The molecule has 670 valence electrons. The molecule has 3 fully saturated rings. The molecule has 13 atom stereocenters. The van der Waals surface area contributed by atoms with E-state index in [0.29, 0.717) is 0 Å². The predicted molar refractivity (Wildman–Crippen MR) is 436 cm³/mol. The van der Waals surface area contributed by atoms with E-state index < -0.39 is 284 Å². The van der Waals surface area contributed by atoms with Crippen molar-refractivity contribution in [2.45, 2.75) is 157 Å². The Hall–Kier alpha value is -11.9. The Kier molecular flexibility index (Phi) is 44.3. The molecule has 4 rings (SSSR count). The van der Waals surface area contributed by atoms with Crippen molar-refractivity contribution in [1.82, 2.24) is 106 Å². The number of carbonyl (C=O) groups excluding carboxylic acids is 17. The lowest BCUT2D eigenvalue weighted by Gasteiger charge is -2.31. The zero-order valence-corrected chi connectivity index (χ0v) is 69.0. The lowest BCUT2D eigenvalue weighted by Crippen LogP contribution is -2.61. The lowest BCUT2D eigenvalue weighted by molar-refractivity contribution is -0.146. The summed E-state index contributed by atoms with van der Waals surface area (Å²) in [6, 6.07) is -16.7. The van der Waals surface area contributed by atoms with Gasteiger partial charge in [-0.2, -0.15) is 0 Å². The zero-order chi connectivity index (χ0) is 90.0. The number of guanidine groups is 3. The maximum absolute atomic E-state index is 15.2. The molecule has 1 aromatic rings. The van der Waals surface area contributed by atoms with Crippen LogP contribution in [-0.2, 0) is 97.5 Å². The molecule has 34 N–H and O–H groups in total. The highest BCUT2D eigenvalue weighted by Gasteiger charge is 2.42. The molecule has 17 amide bonds. The number of nitrogens with two attached hydrogens (primary N) is 4. The minimum atomic E-state index is -2.03. The number of rotatable bonds is 32. The Morgan fingerprint density at radius 2 is 0.934 bits per heavy atom. The van der Waals surface area contributed by atoms with Crippen molar-refractivity contribution in [2.24, 2.45) is 22.9 Å². The second kappa shape index (κ2) is 52.9. The fourth-order valence-electron chi connectivity index (χ4n) is 11.3. The number of aromatic hydroxyl groups is 1. The summed E-state index contributed by atoms with van der Waals surface area (Å²) in [6.07, 6.45) is -2.64. The average Bonchev–Trinajstić information content (AvgIpc) is 1.52. The normalized spacial score (nSPS) is 22.6. The van der Waals surface area contributed by atoms with Gasteiger partial charge in [0.2, 0.25) is 100 Å². The number of aliphatic carboxylic acids is 2. The van der Waals surface area contributed by atoms with Crippen LogP contribution in [0.5, 0.6) is 5.75 Å². The Labute approximate surface area is 707 Å². The van der Waals surface area contributed by atoms with Gasteiger partial charge in [-0.05, 0) is 82.9 Å². The Bertz CT molecular complexity index is 3920. The van der Waals surface area contributed by atoms with Crippen molar-refractivity contribution in [3.63, 3.8) is 0 Å². The number of benzene rings is 1. The van der Waals surface area contributed by atoms with Gasteiger partial charge in [-0.15, -0.1) is 0 Å². The van der Waals surface area contributed by atoms with Gasteiger partial charge in [0.05, 0.1) is 39.2 Å². The molecule has 3 aliphatic heterocycles. The summed E-state index contributed by atoms with van der Waals surface area (Å²) < 4.78 is 0. The third-order valence-electron chi connectivity index (χ3n) is 17.6. The van der Waals surface area contributed by atoms with Crippen LogP contribution in [0, 0.1) is 16.2 Å². The van der Waals surface area contributed by atoms with Gasteiger partial charge in [-0.25, -0.2) is 0 Å². The number of aliphatic hydroxyl groups excluding tert-OH is 1. The summed E-state index contributed by atoms with van der Waals surface area (Å²) >= 11 is 0. The molecular weight excluding hydrogens is 1680 g/mol. The third-order valence-corrected chi connectivity index (χ3v) is 22.4. The first-order valence-electron chi connectivity index (χ1n) is 37.6. The molecule has 54 heteroatoms. The van der Waals surface area contributed by atoms with Crippen LogP contribution < -0.4 is 124 Å². The molecule has 3 aliphatic rings. The minimum absolute atomic E-state index is 0.0180.